The van der Waals surface area contributed by atoms with Crippen LogP contribution in [0.2, 0.25) is 0 Å². The lowest BCUT2D eigenvalue weighted by Gasteiger charge is -2.13. The number of esters is 1. The highest BCUT2D eigenvalue weighted by Crippen LogP contribution is 2.26. The summed E-state index contributed by atoms with van der Waals surface area (Å²) < 4.78 is 11.3. The van der Waals surface area contributed by atoms with E-state index in [0.717, 1.165) is 38.5 Å². The average Bonchev–Trinajstić information content (AvgIpc) is 3.05. The monoisotopic (exact) mass is 319 g/mol. The Hall–Kier alpha value is -1.71. The second kappa shape index (κ2) is 9.43. The number of nitrogen functional groups attached to an aromatic ring is 1. The van der Waals surface area contributed by atoms with Crippen LogP contribution in [0.1, 0.15) is 75.1 Å². The second-order valence-electron chi connectivity index (χ2n) is 6.33. The number of benzene rings is 1. The van der Waals surface area contributed by atoms with E-state index < -0.39 is 0 Å². The number of hydrogen-bond donors (Lipinski definition) is 1. The van der Waals surface area contributed by atoms with Gasteiger partial charge >= 0.3 is 5.97 Å². The molecule has 1 aromatic carbocycles. The Kier molecular flexibility index (Phi) is 7.24. The summed E-state index contributed by atoms with van der Waals surface area (Å²) in [6.45, 7) is 2.84. The Morgan fingerprint density at radius 2 is 1.91 bits per heavy atom. The van der Waals surface area contributed by atoms with Crippen LogP contribution in [0.4, 0.5) is 5.69 Å². The third kappa shape index (κ3) is 5.77. The molecule has 0 radical (unpaired) electrons. The van der Waals surface area contributed by atoms with Crippen LogP contribution < -0.4 is 10.5 Å². The van der Waals surface area contributed by atoms with E-state index in [1.54, 1.807) is 18.2 Å². The Morgan fingerprint density at radius 1 is 1.17 bits per heavy atom. The van der Waals surface area contributed by atoms with Crippen molar-refractivity contribution in [1.82, 2.24) is 0 Å². The average molecular weight is 319 g/mol. The second-order valence-corrected chi connectivity index (χ2v) is 6.33. The Bertz CT molecular complexity index is 495. The standard InChI is InChI=1S/C19H29NO3/c1-2-3-4-5-8-13-22-18-14-15(11-12-17(18)20)19(21)23-16-9-6-7-10-16/h11-12,14,16H,2-10,13,20H2,1H3. The van der Waals surface area contributed by atoms with Gasteiger partial charge in [-0.3, -0.25) is 0 Å². The molecule has 4 nitrogen and oxygen atoms in total. The molecule has 1 aliphatic carbocycles. The van der Waals surface area contributed by atoms with E-state index in [9.17, 15) is 4.79 Å². The molecule has 0 bridgehead atoms. The van der Waals surface area contributed by atoms with Crippen molar-refractivity contribution in [2.24, 2.45) is 0 Å². The molecule has 2 N–H and O–H groups in total. The smallest absolute Gasteiger partial charge is 0.338 e. The van der Waals surface area contributed by atoms with Crippen LogP contribution in [-0.2, 0) is 4.74 Å². The molecule has 0 aromatic heterocycles. The molecule has 0 spiro atoms. The minimum Gasteiger partial charge on any atom is -0.491 e. The molecule has 0 unspecified atom stereocenters. The van der Waals surface area contributed by atoms with Gasteiger partial charge in [0.15, 0.2) is 0 Å². The first-order valence-corrected chi connectivity index (χ1v) is 8.94. The number of carbonyl (C=O) groups is 1. The van der Waals surface area contributed by atoms with Gasteiger partial charge in [0.2, 0.25) is 0 Å². The summed E-state index contributed by atoms with van der Waals surface area (Å²) in [5, 5.41) is 0. The van der Waals surface area contributed by atoms with Gasteiger partial charge in [0.25, 0.3) is 0 Å². The summed E-state index contributed by atoms with van der Waals surface area (Å²) in [5.74, 6) is 0.311. The van der Waals surface area contributed by atoms with Crippen LogP contribution in [0.25, 0.3) is 0 Å². The molecular weight excluding hydrogens is 290 g/mol. The molecule has 0 aliphatic heterocycles. The van der Waals surface area contributed by atoms with E-state index in [0.29, 0.717) is 23.6 Å². The van der Waals surface area contributed by atoms with Gasteiger partial charge in [-0.05, 0) is 50.3 Å². The number of rotatable bonds is 9. The van der Waals surface area contributed by atoms with Crippen LogP contribution in [0, 0.1) is 0 Å². The molecule has 128 valence electrons. The van der Waals surface area contributed by atoms with Gasteiger partial charge in [-0.15, -0.1) is 0 Å². The zero-order valence-electron chi connectivity index (χ0n) is 14.2. The Morgan fingerprint density at radius 3 is 2.65 bits per heavy atom. The van der Waals surface area contributed by atoms with Crippen molar-refractivity contribution in [3.8, 4) is 5.75 Å². The van der Waals surface area contributed by atoms with Gasteiger partial charge in [-0.2, -0.15) is 0 Å². The molecule has 0 amide bonds. The third-order valence-corrected chi connectivity index (χ3v) is 4.33. The number of unbranched alkanes of at least 4 members (excludes halogenated alkanes) is 4. The van der Waals surface area contributed by atoms with E-state index in [2.05, 4.69) is 6.92 Å². The van der Waals surface area contributed by atoms with Crippen LogP contribution in [-0.4, -0.2) is 18.7 Å². The number of nitrogens with two attached hydrogens (primary N) is 1. The summed E-state index contributed by atoms with van der Waals surface area (Å²) >= 11 is 0. The van der Waals surface area contributed by atoms with Crippen molar-refractivity contribution in [3.63, 3.8) is 0 Å². The molecule has 1 aliphatic rings. The highest BCUT2D eigenvalue weighted by molar-refractivity contribution is 5.90. The minimum atomic E-state index is -0.273. The van der Waals surface area contributed by atoms with Crippen LogP contribution in [0.3, 0.4) is 0 Å². The van der Waals surface area contributed by atoms with Crippen LogP contribution in [0.15, 0.2) is 18.2 Å². The van der Waals surface area contributed by atoms with Crippen molar-refractivity contribution >= 4 is 11.7 Å². The molecule has 0 saturated heterocycles. The van der Waals surface area contributed by atoms with E-state index in [-0.39, 0.29) is 12.1 Å². The first kappa shape index (κ1) is 17.6. The molecule has 4 heteroatoms. The van der Waals surface area contributed by atoms with Crippen LogP contribution in [0.5, 0.6) is 5.75 Å². The molecular formula is C19H29NO3. The van der Waals surface area contributed by atoms with Crippen molar-refractivity contribution in [2.75, 3.05) is 12.3 Å². The van der Waals surface area contributed by atoms with Gasteiger partial charge in [-0.25, -0.2) is 4.79 Å². The van der Waals surface area contributed by atoms with Gasteiger partial charge in [0, 0.05) is 0 Å². The maximum Gasteiger partial charge on any atom is 0.338 e. The Labute approximate surface area is 139 Å². The maximum atomic E-state index is 12.2. The quantitative estimate of drug-likeness (QED) is 0.406. The summed E-state index contributed by atoms with van der Waals surface area (Å²) in [5.41, 5.74) is 7.02. The fraction of sp³-hybridized carbons (Fsp3) is 0.632. The number of hydrogen-bond acceptors (Lipinski definition) is 4. The lowest BCUT2D eigenvalue weighted by atomic mass is 10.1. The predicted octanol–water partition coefficient (Wildman–Crippen LogP) is 4.72. The van der Waals surface area contributed by atoms with E-state index in [1.165, 1.54) is 19.3 Å². The third-order valence-electron chi connectivity index (χ3n) is 4.33. The van der Waals surface area contributed by atoms with E-state index in [1.807, 2.05) is 0 Å². The van der Waals surface area contributed by atoms with Crippen molar-refractivity contribution in [1.29, 1.82) is 0 Å². The Balaban J connectivity index is 1.83. The summed E-state index contributed by atoms with van der Waals surface area (Å²) in [6, 6.07) is 5.14. The normalized spacial score (nSPS) is 14.8. The molecule has 2 rings (SSSR count). The van der Waals surface area contributed by atoms with E-state index in [4.69, 9.17) is 15.2 Å². The predicted molar refractivity (Wildman–Crippen MR) is 92.8 cm³/mol. The number of ether oxygens (including phenoxy) is 2. The first-order chi connectivity index (χ1) is 11.2. The molecule has 1 fully saturated rings. The van der Waals surface area contributed by atoms with Gasteiger partial charge in [-0.1, -0.05) is 32.6 Å². The zero-order chi connectivity index (χ0) is 16.5. The first-order valence-electron chi connectivity index (χ1n) is 8.94. The number of anilines is 1. The lowest BCUT2D eigenvalue weighted by molar-refractivity contribution is 0.0317. The van der Waals surface area contributed by atoms with Crippen molar-refractivity contribution < 1.29 is 14.3 Å². The fourth-order valence-electron chi connectivity index (χ4n) is 2.90. The van der Waals surface area contributed by atoms with Crippen molar-refractivity contribution in [2.45, 2.75) is 70.8 Å². The highest BCUT2D eigenvalue weighted by Gasteiger charge is 2.20. The number of carbonyl (C=O) groups excluding carboxylic acids is 1. The summed E-state index contributed by atoms with van der Waals surface area (Å²) in [6.07, 6.45) is 10.2. The summed E-state index contributed by atoms with van der Waals surface area (Å²) in [7, 11) is 0. The topological polar surface area (TPSA) is 61.5 Å². The van der Waals surface area contributed by atoms with Crippen molar-refractivity contribution in [3.05, 3.63) is 23.8 Å². The van der Waals surface area contributed by atoms with Gasteiger partial charge < -0.3 is 15.2 Å². The highest BCUT2D eigenvalue weighted by atomic mass is 16.5. The maximum absolute atomic E-state index is 12.2. The SMILES string of the molecule is CCCCCCCOc1cc(C(=O)OC2CCCC2)ccc1N. The fourth-order valence-corrected chi connectivity index (χ4v) is 2.90. The lowest BCUT2D eigenvalue weighted by Crippen LogP contribution is -2.15. The molecule has 23 heavy (non-hydrogen) atoms. The van der Waals surface area contributed by atoms with Gasteiger partial charge in [0.1, 0.15) is 11.9 Å². The zero-order valence-corrected chi connectivity index (χ0v) is 14.2. The summed E-state index contributed by atoms with van der Waals surface area (Å²) in [4.78, 5) is 12.2. The molecule has 0 atom stereocenters. The largest absolute Gasteiger partial charge is 0.491 e. The van der Waals surface area contributed by atoms with E-state index >= 15 is 0 Å². The van der Waals surface area contributed by atoms with Crippen LogP contribution >= 0.6 is 0 Å². The minimum absolute atomic E-state index is 0.0722. The van der Waals surface area contributed by atoms with Gasteiger partial charge in [0.05, 0.1) is 17.9 Å². The molecule has 1 saturated carbocycles. The molecule has 1 aromatic rings. The molecule has 0 heterocycles.